The predicted molar refractivity (Wildman–Crippen MR) is 62.8 cm³/mol. The summed E-state index contributed by atoms with van der Waals surface area (Å²) in [6.07, 6.45) is 0.883. The van der Waals surface area contributed by atoms with Gasteiger partial charge in [0.25, 0.3) is 0 Å². The highest BCUT2D eigenvalue weighted by Gasteiger charge is 2.39. The third-order valence-electron chi connectivity index (χ3n) is 3.33. The fourth-order valence-corrected chi connectivity index (χ4v) is 2.38. The predicted octanol–water partition coefficient (Wildman–Crippen LogP) is 1.16. The first-order valence-electron chi connectivity index (χ1n) is 6.02. The summed E-state index contributed by atoms with van der Waals surface area (Å²) in [5.74, 6) is 0.355. The van der Waals surface area contributed by atoms with Crippen LogP contribution in [-0.4, -0.2) is 34.8 Å². The summed E-state index contributed by atoms with van der Waals surface area (Å²) in [5.41, 5.74) is 0. The molecule has 0 aromatic heterocycles. The molecule has 1 aliphatic heterocycles. The van der Waals surface area contributed by atoms with Crippen LogP contribution >= 0.6 is 0 Å². The van der Waals surface area contributed by atoms with Gasteiger partial charge in [0.1, 0.15) is 12.1 Å². The van der Waals surface area contributed by atoms with Crippen molar-refractivity contribution in [2.24, 2.45) is 5.92 Å². The number of nitrogens with zero attached hydrogens (tertiary/aromatic N) is 1. The molecule has 1 saturated heterocycles. The molecule has 0 saturated carbocycles. The van der Waals surface area contributed by atoms with E-state index in [0.29, 0.717) is 5.92 Å². The molecular weight excluding hydrogens is 204 g/mol. The summed E-state index contributed by atoms with van der Waals surface area (Å²) < 4.78 is 0. The molecule has 92 valence electrons. The van der Waals surface area contributed by atoms with Gasteiger partial charge >= 0.3 is 0 Å². The molecule has 2 amide bonds. The molecule has 1 rings (SSSR count). The van der Waals surface area contributed by atoms with Gasteiger partial charge in [-0.05, 0) is 26.2 Å². The molecule has 0 spiro atoms. The standard InChI is InChI=1S/C12H22N2O2/c1-6-10(7(2)3)14-9(5)11(15)13-8(4)12(14)16/h7-10H,6H2,1-5H3,(H,13,15). The Morgan fingerprint density at radius 1 is 1.31 bits per heavy atom. The first kappa shape index (κ1) is 13.0. The molecule has 3 atom stereocenters. The maximum atomic E-state index is 12.1. The molecule has 1 fully saturated rings. The molecule has 3 unspecified atom stereocenters. The van der Waals surface area contributed by atoms with Gasteiger partial charge in [0.05, 0.1) is 0 Å². The van der Waals surface area contributed by atoms with Crippen LogP contribution in [0.3, 0.4) is 0 Å². The third kappa shape index (κ3) is 2.20. The molecule has 0 radical (unpaired) electrons. The van der Waals surface area contributed by atoms with Crippen LogP contribution in [0.25, 0.3) is 0 Å². The van der Waals surface area contributed by atoms with Gasteiger partial charge in [-0.15, -0.1) is 0 Å². The Morgan fingerprint density at radius 3 is 2.31 bits per heavy atom. The van der Waals surface area contributed by atoms with Crippen LogP contribution in [0.5, 0.6) is 0 Å². The second-order valence-corrected chi connectivity index (χ2v) is 4.87. The van der Waals surface area contributed by atoms with Crippen LogP contribution in [0.2, 0.25) is 0 Å². The average Bonchev–Trinajstić information content (AvgIpc) is 2.21. The zero-order valence-corrected chi connectivity index (χ0v) is 10.8. The molecule has 0 bridgehead atoms. The fourth-order valence-electron chi connectivity index (χ4n) is 2.38. The maximum absolute atomic E-state index is 12.1. The Hall–Kier alpha value is -1.06. The van der Waals surface area contributed by atoms with E-state index < -0.39 is 6.04 Å². The molecule has 0 aromatic carbocycles. The van der Waals surface area contributed by atoms with E-state index in [2.05, 4.69) is 26.1 Å². The van der Waals surface area contributed by atoms with E-state index >= 15 is 0 Å². The minimum Gasteiger partial charge on any atom is -0.343 e. The molecule has 1 aliphatic rings. The van der Waals surface area contributed by atoms with Gasteiger partial charge in [0, 0.05) is 6.04 Å². The van der Waals surface area contributed by atoms with Gasteiger partial charge < -0.3 is 10.2 Å². The van der Waals surface area contributed by atoms with Crippen molar-refractivity contribution in [2.75, 3.05) is 0 Å². The highest BCUT2D eigenvalue weighted by atomic mass is 16.2. The van der Waals surface area contributed by atoms with E-state index in [-0.39, 0.29) is 23.9 Å². The van der Waals surface area contributed by atoms with E-state index in [1.165, 1.54) is 0 Å². The molecule has 16 heavy (non-hydrogen) atoms. The van der Waals surface area contributed by atoms with E-state index in [0.717, 1.165) is 6.42 Å². The van der Waals surface area contributed by atoms with Crippen LogP contribution in [-0.2, 0) is 9.59 Å². The second-order valence-electron chi connectivity index (χ2n) is 4.87. The lowest BCUT2D eigenvalue weighted by Crippen LogP contribution is -2.64. The summed E-state index contributed by atoms with van der Waals surface area (Å²) in [4.78, 5) is 25.6. The number of rotatable bonds is 3. The summed E-state index contributed by atoms with van der Waals surface area (Å²) in [6, 6.07) is -0.594. The van der Waals surface area contributed by atoms with Gasteiger partial charge in [-0.3, -0.25) is 9.59 Å². The SMILES string of the molecule is CCC(C(C)C)N1C(=O)C(C)NC(=O)C1C. The van der Waals surface area contributed by atoms with Gasteiger partial charge in [0.2, 0.25) is 11.8 Å². The van der Waals surface area contributed by atoms with Crippen molar-refractivity contribution >= 4 is 11.8 Å². The van der Waals surface area contributed by atoms with Crippen molar-refractivity contribution in [1.29, 1.82) is 0 Å². The van der Waals surface area contributed by atoms with Gasteiger partial charge in [-0.2, -0.15) is 0 Å². The summed E-state index contributed by atoms with van der Waals surface area (Å²) in [5, 5.41) is 2.70. The number of carbonyl (C=O) groups is 2. The molecule has 4 nitrogen and oxygen atoms in total. The lowest BCUT2D eigenvalue weighted by atomic mass is 9.95. The van der Waals surface area contributed by atoms with E-state index in [9.17, 15) is 9.59 Å². The van der Waals surface area contributed by atoms with Crippen molar-refractivity contribution < 1.29 is 9.59 Å². The highest BCUT2D eigenvalue weighted by Crippen LogP contribution is 2.21. The Morgan fingerprint density at radius 2 is 1.88 bits per heavy atom. The van der Waals surface area contributed by atoms with Crippen LogP contribution in [0, 0.1) is 5.92 Å². The molecule has 0 aliphatic carbocycles. The monoisotopic (exact) mass is 226 g/mol. The first-order valence-corrected chi connectivity index (χ1v) is 6.02. The lowest BCUT2D eigenvalue weighted by Gasteiger charge is -2.42. The van der Waals surface area contributed by atoms with Gasteiger partial charge in [-0.25, -0.2) is 0 Å². The minimum atomic E-state index is -0.392. The normalized spacial score (nSPS) is 28.2. The smallest absolute Gasteiger partial charge is 0.245 e. The highest BCUT2D eigenvalue weighted by molar-refractivity contribution is 5.96. The zero-order chi connectivity index (χ0) is 12.5. The Bertz CT molecular complexity index is 289. The minimum absolute atomic E-state index is 0.0349. The molecular formula is C12H22N2O2. The Kier molecular flexibility index (Phi) is 3.94. The van der Waals surface area contributed by atoms with Crippen molar-refractivity contribution in [3.05, 3.63) is 0 Å². The van der Waals surface area contributed by atoms with Crippen LogP contribution in [0.1, 0.15) is 41.0 Å². The van der Waals surface area contributed by atoms with E-state index in [1.807, 2.05) is 0 Å². The largest absolute Gasteiger partial charge is 0.343 e. The zero-order valence-electron chi connectivity index (χ0n) is 10.8. The quantitative estimate of drug-likeness (QED) is 0.785. The fraction of sp³-hybridized carbons (Fsp3) is 0.833. The molecule has 1 N–H and O–H groups in total. The van der Waals surface area contributed by atoms with Crippen molar-refractivity contribution in [3.63, 3.8) is 0 Å². The van der Waals surface area contributed by atoms with Gasteiger partial charge in [-0.1, -0.05) is 20.8 Å². The third-order valence-corrected chi connectivity index (χ3v) is 3.33. The average molecular weight is 226 g/mol. The first-order chi connectivity index (χ1) is 7.40. The van der Waals surface area contributed by atoms with Crippen LogP contribution in [0.15, 0.2) is 0 Å². The number of piperazine rings is 1. The maximum Gasteiger partial charge on any atom is 0.245 e. The number of amides is 2. The number of hydrogen-bond acceptors (Lipinski definition) is 2. The second kappa shape index (κ2) is 4.85. The lowest BCUT2D eigenvalue weighted by molar-refractivity contribution is -0.152. The van der Waals surface area contributed by atoms with Crippen molar-refractivity contribution in [3.8, 4) is 0 Å². The van der Waals surface area contributed by atoms with E-state index in [1.54, 1.807) is 18.7 Å². The Balaban J connectivity index is 2.97. The van der Waals surface area contributed by atoms with Crippen molar-refractivity contribution in [2.45, 2.75) is 59.2 Å². The molecule has 0 aromatic rings. The summed E-state index contributed by atoms with van der Waals surface area (Å²) >= 11 is 0. The topological polar surface area (TPSA) is 49.4 Å². The van der Waals surface area contributed by atoms with Gasteiger partial charge in [0.15, 0.2) is 0 Å². The van der Waals surface area contributed by atoms with Crippen molar-refractivity contribution in [1.82, 2.24) is 10.2 Å². The Labute approximate surface area is 97.4 Å². The number of hydrogen-bond donors (Lipinski definition) is 1. The summed E-state index contributed by atoms with van der Waals surface area (Å²) in [6.45, 7) is 9.77. The number of nitrogens with one attached hydrogen (secondary N) is 1. The van der Waals surface area contributed by atoms with E-state index in [4.69, 9.17) is 0 Å². The summed E-state index contributed by atoms with van der Waals surface area (Å²) in [7, 11) is 0. The van der Waals surface area contributed by atoms with Crippen LogP contribution in [0.4, 0.5) is 0 Å². The molecule has 4 heteroatoms. The number of carbonyl (C=O) groups excluding carboxylic acids is 2. The molecule has 1 heterocycles. The van der Waals surface area contributed by atoms with Crippen LogP contribution < -0.4 is 5.32 Å².